The first-order valence-electron chi connectivity index (χ1n) is 8.35. The number of rotatable bonds is 4. The summed E-state index contributed by atoms with van der Waals surface area (Å²) >= 11 is 0. The molecule has 0 saturated carbocycles. The number of nitrogens with one attached hydrogen (secondary N) is 2. The summed E-state index contributed by atoms with van der Waals surface area (Å²) in [7, 11) is -2.61. The van der Waals surface area contributed by atoms with Crippen LogP contribution in [0.15, 0.2) is 48.5 Å². The molecule has 0 aliphatic heterocycles. The van der Waals surface area contributed by atoms with Crippen molar-refractivity contribution in [2.24, 2.45) is 0 Å². The highest BCUT2D eigenvalue weighted by Gasteiger charge is 2.17. The molecule has 0 heterocycles. The molecule has 0 unspecified atom stereocenters. The van der Waals surface area contributed by atoms with E-state index in [1.165, 1.54) is 10.4 Å². The number of carbonyl (C=O) groups is 1. The van der Waals surface area contributed by atoms with Crippen molar-refractivity contribution in [3.8, 4) is 0 Å². The van der Waals surface area contributed by atoms with Gasteiger partial charge in [0.25, 0.3) is 0 Å². The van der Waals surface area contributed by atoms with Gasteiger partial charge in [0.15, 0.2) is 0 Å². The molecular weight excluding hydrogens is 328 g/mol. The summed E-state index contributed by atoms with van der Waals surface area (Å²) in [5.74, 6) is 0. The molecule has 0 fully saturated rings. The van der Waals surface area contributed by atoms with Crippen LogP contribution >= 0.6 is 0 Å². The van der Waals surface area contributed by atoms with Crippen LogP contribution in [-0.2, 0) is 0 Å². The van der Waals surface area contributed by atoms with E-state index < -0.39 is 16.1 Å². The number of benzene rings is 2. The van der Waals surface area contributed by atoms with Gasteiger partial charge < -0.3 is 10.6 Å². The van der Waals surface area contributed by atoms with Crippen LogP contribution < -0.4 is 21.0 Å². The van der Waals surface area contributed by atoms with Gasteiger partial charge in [0.2, 0.25) is 0 Å². The van der Waals surface area contributed by atoms with Crippen molar-refractivity contribution in [2.75, 3.05) is 10.6 Å². The molecule has 0 aliphatic rings. The second-order valence-electron chi connectivity index (χ2n) is 8.23. The van der Waals surface area contributed by atoms with Gasteiger partial charge in [0.05, 0.1) is 16.1 Å². The van der Waals surface area contributed by atoms with Crippen molar-refractivity contribution in [3.63, 3.8) is 0 Å². The lowest BCUT2D eigenvalue weighted by atomic mass is 10.3. The quantitative estimate of drug-likeness (QED) is 0.782. The molecule has 0 aliphatic carbocycles. The second kappa shape index (κ2) is 6.95. The van der Waals surface area contributed by atoms with E-state index in [-0.39, 0.29) is 6.03 Å². The Bertz CT molecular complexity index is 635. The van der Waals surface area contributed by atoms with E-state index in [2.05, 4.69) is 74.2 Å². The number of urea groups is 1. The molecule has 5 heteroatoms. The smallest absolute Gasteiger partial charge is 0.308 e. The zero-order valence-corrected chi connectivity index (χ0v) is 17.5. The fourth-order valence-corrected chi connectivity index (χ4v) is 4.73. The molecule has 0 bridgehead atoms. The molecule has 2 aromatic rings. The Kier molecular flexibility index (Phi) is 5.35. The van der Waals surface area contributed by atoms with Gasteiger partial charge in [-0.05, 0) is 24.3 Å². The third-order valence-corrected chi connectivity index (χ3v) is 8.15. The lowest BCUT2D eigenvalue weighted by Gasteiger charge is -2.17. The van der Waals surface area contributed by atoms with Gasteiger partial charge in [0, 0.05) is 11.4 Å². The van der Waals surface area contributed by atoms with Crippen molar-refractivity contribution in [2.45, 2.75) is 39.3 Å². The number of hydrogen-bond acceptors (Lipinski definition) is 1. The van der Waals surface area contributed by atoms with Gasteiger partial charge in [-0.15, -0.1) is 0 Å². The lowest BCUT2D eigenvalue weighted by Crippen LogP contribution is -2.37. The monoisotopic (exact) mass is 356 g/mol. The number of anilines is 2. The zero-order valence-electron chi connectivity index (χ0n) is 15.5. The van der Waals surface area contributed by atoms with Crippen LogP contribution in [0.4, 0.5) is 16.2 Å². The summed E-state index contributed by atoms with van der Waals surface area (Å²) in [5.41, 5.74) is 1.63. The predicted molar refractivity (Wildman–Crippen MR) is 111 cm³/mol. The number of hydrogen-bond donors (Lipinski definition) is 2. The Hall–Kier alpha value is -1.86. The highest BCUT2D eigenvalue weighted by atomic mass is 28.3. The molecule has 0 saturated heterocycles. The first-order chi connectivity index (χ1) is 11.1. The van der Waals surface area contributed by atoms with E-state index in [9.17, 15) is 4.79 Å². The minimum Gasteiger partial charge on any atom is -0.308 e. The van der Waals surface area contributed by atoms with Gasteiger partial charge in [-0.1, -0.05) is 73.9 Å². The fourth-order valence-electron chi connectivity index (χ4n) is 2.40. The Morgan fingerprint density at radius 1 is 0.625 bits per heavy atom. The maximum atomic E-state index is 12.1. The summed E-state index contributed by atoms with van der Waals surface area (Å²) in [4.78, 5) is 12.1. The first kappa shape index (κ1) is 18.5. The topological polar surface area (TPSA) is 41.1 Å². The molecule has 2 aromatic carbocycles. The maximum absolute atomic E-state index is 12.1. The van der Waals surface area contributed by atoms with E-state index in [0.29, 0.717) is 0 Å². The maximum Gasteiger partial charge on any atom is 0.323 e. The minimum absolute atomic E-state index is 0.212. The fraction of sp³-hybridized carbons (Fsp3) is 0.316. The largest absolute Gasteiger partial charge is 0.323 e. The Morgan fingerprint density at radius 3 is 1.17 bits per heavy atom. The molecule has 2 N–H and O–H groups in total. The number of carbonyl (C=O) groups excluding carboxylic acids is 1. The molecule has 0 aromatic heterocycles. The van der Waals surface area contributed by atoms with Crippen LogP contribution in [0.25, 0.3) is 0 Å². The van der Waals surface area contributed by atoms with Crippen LogP contribution in [-0.4, -0.2) is 22.2 Å². The van der Waals surface area contributed by atoms with E-state index >= 15 is 0 Å². The summed E-state index contributed by atoms with van der Waals surface area (Å²) in [6, 6.07) is 16.1. The SMILES string of the molecule is C[Si](C)(C)c1ccc(NC(=O)Nc2ccc([Si](C)(C)C)cc2)cc1. The van der Waals surface area contributed by atoms with Gasteiger partial charge in [-0.3, -0.25) is 0 Å². The van der Waals surface area contributed by atoms with E-state index in [1.807, 2.05) is 24.3 Å². The standard InChI is InChI=1S/C19H28N2OSi2/c1-23(2,3)17-11-7-15(8-12-17)20-19(22)21-16-9-13-18(14-10-16)24(4,5)6/h7-14H,1-6H3,(H2,20,21,22). The average molecular weight is 357 g/mol. The van der Waals surface area contributed by atoms with E-state index in [0.717, 1.165) is 11.4 Å². The summed E-state index contributed by atoms with van der Waals surface area (Å²) in [5, 5.41) is 8.55. The predicted octanol–water partition coefficient (Wildman–Crippen LogP) is 4.42. The molecule has 0 atom stereocenters. The molecule has 2 amide bonds. The number of amides is 2. The Labute approximate surface area is 147 Å². The average Bonchev–Trinajstić information content (AvgIpc) is 2.46. The molecule has 3 nitrogen and oxygen atoms in total. The first-order valence-corrected chi connectivity index (χ1v) is 15.3. The van der Waals surface area contributed by atoms with Crippen LogP contribution in [0.2, 0.25) is 39.3 Å². The highest BCUT2D eigenvalue weighted by Crippen LogP contribution is 2.11. The third kappa shape index (κ3) is 5.07. The van der Waals surface area contributed by atoms with Crippen molar-refractivity contribution >= 4 is 43.9 Å². The van der Waals surface area contributed by atoms with Crippen LogP contribution in [0.3, 0.4) is 0 Å². The van der Waals surface area contributed by atoms with Crippen molar-refractivity contribution in [3.05, 3.63) is 48.5 Å². The third-order valence-electron chi connectivity index (χ3n) is 4.02. The molecule has 0 spiro atoms. The summed E-state index contributed by atoms with van der Waals surface area (Å²) in [6.45, 7) is 13.9. The summed E-state index contributed by atoms with van der Waals surface area (Å²) < 4.78 is 0. The molecular formula is C19H28N2OSi2. The van der Waals surface area contributed by atoms with Gasteiger partial charge in [-0.2, -0.15) is 0 Å². The Morgan fingerprint density at radius 2 is 0.917 bits per heavy atom. The van der Waals surface area contributed by atoms with Gasteiger partial charge in [-0.25, -0.2) is 4.79 Å². The lowest BCUT2D eigenvalue weighted by molar-refractivity contribution is 0.262. The molecule has 24 heavy (non-hydrogen) atoms. The van der Waals surface area contributed by atoms with Crippen molar-refractivity contribution < 1.29 is 4.79 Å². The molecule has 2 rings (SSSR count). The van der Waals surface area contributed by atoms with E-state index in [1.54, 1.807) is 0 Å². The summed E-state index contributed by atoms with van der Waals surface area (Å²) in [6.07, 6.45) is 0. The Balaban J connectivity index is 1.98. The minimum atomic E-state index is -1.30. The highest BCUT2D eigenvalue weighted by molar-refractivity contribution is 6.89. The van der Waals surface area contributed by atoms with Crippen molar-refractivity contribution in [1.82, 2.24) is 0 Å². The molecule has 0 radical (unpaired) electrons. The van der Waals surface area contributed by atoms with Gasteiger partial charge >= 0.3 is 6.03 Å². The van der Waals surface area contributed by atoms with Gasteiger partial charge in [0.1, 0.15) is 0 Å². The molecule has 128 valence electrons. The second-order valence-corrected chi connectivity index (χ2v) is 18.4. The van der Waals surface area contributed by atoms with Crippen LogP contribution in [0, 0.1) is 0 Å². The van der Waals surface area contributed by atoms with Crippen molar-refractivity contribution in [1.29, 1.82) is 0 Å². The zero-order chi connectivity index (χ0) is 18.0. The van der Waals surface area contributed by atoms with Crippen LogP contribution in [0.5, 0.6) is 0 Å². The normalized spacial score (nSPS) is 11.9. The van der Waals surface area contributed by atoms with E-state index in [4.69, 9.17) is 0 Å². The van der Waals surface area contributed by atoms with Crippen LogP contribution in [0.1, 0.15) is 0 Å².